The van der Waals surface area contributed by atoms with Crippen molar-refractivity contribution >= 4 is 34.8 Å². The number of benzene rings is 2. The minimum absolute atomic E-state index is 0.262. The standard InChI is InChI=1S/C17H17Cl3/c1-13-5-7-15(8-6-13)17(11-18,12-19)10-14-3-2-4-16(20)9-14/h2-9H,10-12H2,1H3. The zero-order valence-electron chi connectivity index (χ0n) is 11.4. The Labute approximate surface area is 135 Å². The maximum atomic E-state index is 6.27. The number of aryl methyl sites for hydroxylation is 1. The highest BCUT2D eigenvalue weighted by Crippen LogP contribution is 2.32. The van der Waals surface area contributed by atoms with Crippen molar-refractivity contribution in [3.63, 3.8) is 0 Å². The Hall–Kier alpha value is -0.690. The quantitative estimate of drug-likeness (QED) is 0.626. The van der Waals surface area contributed by atoms with Crippen molar-refractivity contribution in [2.75, 3.05) is 11.8 Å². The topological polar surface area (TPSA) is 0 Å². The van der Waals surface area contributed by atoms with Crippen molar-refractivity contribution in [2.24, 2.45) is 0 Å². The Balaban J connectivity index is 2.36. The van der Waals surface area contributed by atoms with E-state index in [2.05, 4.69) is 37.3 Å². The summed E-state index contributed by atoms with van der Waals surface area (Å²) in [6.07, 6.45) is 0.781. The van der Waals surface area contributed by atoms with E-state index in [4.69, 9.17) is 34.8 Å². The van der Waals surface area contributed by atoms with E-state index in [-0.39, 0.29) is 5.41 Å². The molecule has 0 saturated heterocycles. The number of alkyl halides is 2. The highest BCUT2D eigenvalue weighted by molar-refractivity contribution is 6.30. The van der Waals surface area contributed by atoms with E-state index in [1.54, 1.807) is 0 Å². The van der Waals surface area contributed by atoms with E-state index in [1.807, 2.05) is 18.2 Å². The zero-order valence-corrected chi connectivity index (χ0v) is 13.6. The van der Waals surface area contributed by atoms with Gasteiger partial charge in [-0.15, -0.1) is 23.2 Å². The van der Waals surface area contributed by atoms with E-state index in [0.717, 1.165) is 17.0 Å². The first-order chi connectivity index (χ1) is 9.59. The van der Waals surface area contributed by atoms with Crippen LogP contribution in [0.2, 0.25) is 5.02 Å². The van der Waals surface area contributed by atoms with Crippen LogP contribution in [0.4, 0.5) is 0 Å². The molecule has 0 radical (unpaired) electrons. The number of hydrogen-bond acceptors (Lipinski definition) is 0. The smallest absolute Gasteiger partial charge is 0.0408 e. The van der Waals surface area contributed by atoms with Crippen LogP contribution in [0.3, 0.4) is 0 Å². The van der Waals surface area contributed by atoms with Crippen molar-refractivity contribution in [2.45, 2.75) is 18.8 Å². The van der Waals surface area contributed by atoms with Crippen LogP contribution in [0.15, 0.2) is 48.5 Å². The minimum atomic E-state index is -0.262. The Bertz CT molecular complexity index is 557. The molecule has 0 heterocycles. The van der Waals surface area contributed by atoms with Crippen molar-refractivity contribution in [3.05, 3.63) is 70.2 Å². The van der Waals surface area contributed by atoms with Crippen LogP contribution >= 0.6 is 34.8 Å². The predicted octanol–water partition coefficient (Wildman–Crippen LogP) is 5.61. The van der Waals surface area contributed by atoms with Gasteiger partial charge < -0.3 is 0 Å². The fourth-order valence-corrected chi connectivity index (χ4v) is 3.33. The minimum Gasteiger partial charge on any atom is -0.126 e. The van der Waals surface area contributed by atoms with Gasteiger partial charge in [-0.1, -0.05) is 53.6 Å². The third kappa shape index (κ3) is 3.49. The first kappa shape index (κ1) is 15.7. The first-order valence-electron chi connectivity index (χ1n) is 6.53. The average Bonchev–Trinajstić information content (AvgIpc) is 2.46. The molecule has 2 aromatic rings. The largest absolute Gasteiger partial charge is 0.126 e. The first-order valence-corrected chi connectivity index (χ1v) is 7.98. The Kier molecular flexibility index (Phi) is 5.37. The van der Waals surface area contributed by atoms with Crippen LogP contribution in [0.1, 0.15) is 16.7 Å². The second kappa shape index (κ2) is 6.85. The zero-order chi connectivity index (χ0) is 14.6. The van der Waals surface area contributed by atoms with E-state index >= 15 is 0 Å². The molecule has 0 aliphatic carbocycles. The SMILES string of the molecule is Cc1ccc(C(CCl)(CCl)Cc2cccc(Cl)c2)cc1. The van der Waals surface area contributed by atoms with Gasteiger partial charge in [0.15, 0.2) is 0 Å². The Morgan fingerprint density at radius 3 is 2.15 bits per heavy atom. The van der Waals surface area contributed by atoms with Crippen LogP contribution < -0.4 is 0 Å². The van der Waals surface area contributed by atoms with Gasteiger partial charge in [0, 0.05) is 22.2 Å². The lowest BCUT2D eigenvalue weighted by Gasteiger charge is -2.30. The third-order valence-electron chi connectivity index (χ3n) is 3.61. The molecular formula is C17H17Cl3. The van der Waals surface area contributed by atoms with Crippen LogP contribution in [-0.4, -0.2) is 11.8 Å². The molecule has 20 heavy (non-hydrogen) atoms. The van der Waals surface area contributed by atoms with Gasteiger partial charge in [0.25, 0.3) is 0 Å². The molecule has 0 bridgehead atoms. The second-order valence-electron chi connectivity index (χ2n) is 5.22. The lowest BCUT2D eigenvalue weighted by Crippen LogP contribution is -2.33. The molecule has 0 saturated carbocycles. The lowest BCUT2D eigenvalue weighted by atomic mass is 9.78. The van der Waals surface area contributed by atoms with Gasteiger partial charge in [-0.2, -0.15) is 0 Å². The van der Waals surface area contributed by atoms with Crippen LogP contribution in [-0.2, 0) is 11.8 Å². The summed E-state index contributed by atoms with van der Waals surface area (Å²) in [5.74, 6) is 0.956. The molecule has 106 valence electrons. The molecule has 0 fully saturated rings. The summed E-state index contributed by atoms with van der Waals surface area (Å²) in [7, 11) is 0. The molecule has 0 aromatic heterocycles. The summed E-state index contributed by atoms with van der Waals surface area (Å²) < 4.78 is 0. The highest BCUT2D eigenvalue weighted by Gasteiger charge is 2.31. The van der Waals surface area contributed by atoms with E-state index in [1.165, 1.54) is 11.1 Å². The third-order valence-corrected chi connectivity index (χ3v) is 4.87. The molecule has 2 aromatic carbocycles. The number of rotatable bonds is 5. The fourth-order valence-electron chi connectivity index (χ4n) is 2.33. The average molecular weight is 328 g/mol. The van der Waals surface area contributed by atoms with Crippen molar-refractivity contribution in [3.8, 4) is 0 Å². The van der Waals surface area contributed by atoms with Gasteiger partial charge in [0.2, 0.25) is 0 Å². The van der Waals surface area contributed by atoms with Crippen LogP contribution in [0.25, 0.3) is 0 Å². The summed E-state index contributed by atoms with van der Waals surface area (Å²) in [5, 5.41) is 0.740. The van der Waals surface area contributed by atoms with E-state index < -0.39 is 0 Å². The maximum absolute atomic E-state index is 6.27. The van der Waals surface area contributed by atoms with Crippen molar-refractivity contribution < 1.29 is 0 Å². The fraction of sp³-hybridized carbons (Fsp3) is 0.294. The van der Waals surface area contributed by atoms with E-state index in [0.29, 0.717) is 11.8 Å². The van der Waals surface area contributed by atoms with Gasteiger partial charge >= 0.3 is 0 Å². The van der Waals surface area contributed by atoms with Gasteiger partial charge in [-0.05, 0) is 36.6 Å². The highest BCUT2D eigenvalue weighted by atomic mass is 35.5. The monoisotopic (exact) mass is 326 g/mol. The number of hydrogen-bond donors (Lipinski definition) is 0. The van der Waals surface area contributed by atoms with Crippen molar-refractivity contribution in [1.29, 1.82) is 0 Å². The summed E-state index contributed by atoms with van der Waals surface area (Å²) >= 11 is 18.6. The normalized spacial score (nSPS) is 11.6. The molecule has 0 spiro atoms. The van der Waals surface area contributed by atoms with Crippen molar-refractivity contribution in [1.82, 2.24) is 0 Å². The molecule has 0 N–H and O–H groups in total. The summed E-state index contributed by atoms with van der Waals surface area (Å²) in [6.45, 7) is 2.07. The molecule has 0 unspecified atom stereocenters. The van der Waals surface area contributed by atoms with Gasteiger partial charge in [-0.3, -0.25) is 0 Å². The molecule has 3 heteroatoms. The van der Waals surface area contributed by atoms with Gasteiger partial charge in [-0.25, -0.2) is 0 Å². The molecular weight excluding hydrogens is 311 g/mol. The Morgan fingerprint density at radius 2 is 1.60 bits per heavy atom. The molecule has 0 aliphatic rings. The molecule has 0 atom stereocenters. The second-order valence-corrected chi connectivity index (χ2v) is 6.19. The van der Waals surface area contributed by atoms with Crippen LogP contribution in [0, 0.1) is 6.92 Å². The van der Waals surface area contributed by atoms with Gasteiger partial charge in [0.05, 0.1) is 0 Å². The summed E-state index contributed by atoms with van der Waals surface area (Å²) in [5.41, 5.74) is 3.30. The van der Waals surface area contributed by atoms with E-state index in [9.17, 15) is 0 Å². The molecule has 0 amide bonds. The van der Waals surface area contributed by atoms with Gasteiger partial charge in [0.1, 0.15) is 0 Å². The summed E-state index contributed by atoms with van der Waals surface area (Å²) in [6, 6.07) is 16.3. The lowest BCUT2D eigenvalue weighted by molar-refractivity contribution is 0.536. The maximum Gasteiger partial charge on any atom is 0.0408 e. The van der Waals surface area contributed by atoms with Crippen LogP contribution in [0.5, 0.6) is 0 Å². The Morgan fingerprint density at radius 1 is 0.950 bits per heavy atom. The predicted molar refractivity (Wildman–Crippen MR) is 89.5 cm³/mol. The number of halogens is 3. The molecule has 0 nitrogen and oxygen atoms in total. The molecule has 0 aliphatic heterocycles. The molecule has 2 rings (SSSR count). The summed E-state index contributed by atoms with van der Waals surface area (Å²) in [4.78, 5) is 0.